The van der Waals surface area contributed by atoms with Crippen LogP contribution in [-0.4, -0.2) is 4.98 Å². The van der Waals surface area contributed by atoms with Crippen LogP contribution in [0.5, 0.6) is 0 Å². The van der Waals surface area contributed by atoms with Crippen molar-refractivity contribution >= 4 is 0 Å². The maximum absolute atomic E-state index is 5.60. The van der Waals surface area contributed by atoms with E-state index in [1.54, 1.807) is 0 Å². The lowest BCUT2D eigenvalue weighted by Gasteiger charge is -1.93. The highest BCUT2D eigenvalue weighted by Gasteiger charge is 2.06. The molecule has 0 aliphatic carbocycles. The van der Waals surface area contributed by atoms with Gasteiger partial charge in [0.15, 0.2) is 5.89 Å². The van der Waals surface area contributed by atoms with Gasteiger partial charge >= 0.3 is 0 Å². The number of nitrogens with zero attached hydrogens (tertiary/aromatic N) is 1. The third kappa shape index (κ3) is 2.87. The van der Waals surface area contributed by atoms with Crippen molar-refractivity contribution < 1.29 is 4.42 Å². The zero-order valence-electron chi connectivity index (χ0n) is 8.89. The van der Waals surface area contributed by atoms with Gasteiger partial charge in [-0.3, -0.25) is 0 Å². The summed E-state index contributed by atoms with van der Waals surface area (Å²) in [4.78, 5) is 4.39. The molecule has 13 heavy (non-hydrogen) atoms. The van der Waals surface area contributed by atoms with E-state index in [9.17, 15) is 0 Å². The summed E-state index contributed by atoms with van der Waals surface area (Å²) in [6.45, 7) is 6.33. The first-order valence-corrected chi connectivity index (χ1v) is 5.23. The zero-order valence-corrected chi connectivity index (χ0v) is 8.89. The first-order chi connectivity index (χ1) is 6.27. The Morgan fingerprint density at radius 3 is 2.54 bits per heavy atom. The molecule has 0 aliphatic heterocycles. The van der Waals surface area contributed by atoms with Crippen molar-refractivity contribution in [1.29, 1.82) is 0 Å². The molecule has 1 aromatic rings. The number of hydrogen-bond acceptors (Lipinski definition) is 2. The minimum atomic E-state index is 0.919. The monoisotopic (exact) mass is 181 g/mol. The quantitative estimate of drug-likeness (QED) is 0.651. The summed E-state index contributed by atoms with van der Waals surface area (Å²) in [5.74, 6) is 1.97. The lowest BCUT2D eigenvalue weighted by molar-refractivity contribution is 0.449. The largest absolute Gasteiger partial charge is 0.445 e. The Morgan fingerprint density at radius 1 is 1.23 bits per heavy atom. The number of oxazole rings is 1. The second kappa shape index (κ2) is 5.05. The van der Waals surface area contributed by atoms with Crippen molar-refractivity contribution in [3.63, 3.8) is 0 Å². The summed E-state index contributed by atoms with van der Waals surface area (Å²) >= 11 is 0. The normalized spacial score (nSPS) is 10.7. The van der Waals surface area contributed by atoms with Crippen LogP contribution in [0, 0.1) is 6.92 Å². The minimum Gasteiger partial charge on any atom is -0.445 e. The molecule has 0 saturated heterocycles. The van der Waals surface area contributed by atoms with Crippen LogP contribution in [0.4, 0.5) is 0 Å². The van der Waals surface area contributed by atoms with Crippen LogP contribution >= 0.6 is 0 Å². The van der Waals surface area contributed by atoms with Gasteiger partial charge < -0.3 is 4.42 Å². The van der Waals surface area contributed by atoms with Crippen LogP contribution in [0.15, 0.2) is 4.42 Å². The fraction of sp³-hybridized carbons (Fsp3) is 0.727. The van der Waals surface area contributed by atoms with Crippen LogP contribution in [0.2, 0.25) is 0 Å². The van der Waals surface area contributed by atoms with Crippen LogP contribution in [0.25, 0.3) is 0 Å². The molecule has 0 bridgehead atoms. The molecule has 0 unspecified atom stereocenters. The molecule has 2 heteroatoms. The predicted octanol–water partition coefficient (Wildman–Crippen LogP) is 3.28. The summed E-state index contributed by atoms with van der Waals surface area (Å²) in [5, 5.41) is 0. The SMILES string of the molecule is CCCCCc1nc(C)c(CC)o1. The van der Waals surface area contributed by atoms with E-state index >= 15 is 0 Å². The van der Waals surface area contributed by atoms with Crippen LogP contribution in [0.1, 0.15) is 50.5 Å². The molecule has 74 valence electrons. The average Bonchev–Trinajstić information content (AvgIpc) is 2.47. The van der Waals surface area contributed by atoms with Gasteiger partial charge in [0.2, 0.25) is 0 Å². The van der Waals surface area contributed by atoms with Gasteiger partial charge in [-0.1, -0.05) is 26.7 Å². The van der Waals surface area contributed by atoms with Gasteiger partial charge in [0.05, 0.1) is 5.69 Å². The van der Waals surface area contributed by atoms with Crippen molar-refractivity contribution in [2.24, 2.45) is 0 Å². The Morgan fingerprint density at radius 2 is 2.00 bits per heavy atom. The molecular formula is C11H19NO. The molecule has 0 atom stereocenters. The maximum atomic E-state index is 5.60. The Labute approximate surface area is 80.4 Å². The first-order valence-electron chi connectivity index (χ1n) is 5.23. The van der Waals surface area contributed by atoms with Crippen molar-refractivity contribution in [2.45, 2.75) is 52.9 Å². The van der Waals surface area contributed by atoms with Crippen LogP contribution in [-0.2, 0) is 12.8 Å². The van der Waals surface area contributed by atoms with E-state index in [0.29, 0.717) is 0 Å². The Balaban J connectivity index is 2.48. The molecule has 0 spiro atoms. The minimum absolute atomic E-state index is 0.919. The summed E-state index contributed by atoms with van der Waals surface area (Å²) in [6.07, 6.45) is 5.66. The number of unbranched alkanes of at least 4 members (excludes halogenated alkanes) is 2. The Kier molecular flexibility index (Phi) is 4.00. The second-order valence-corrected chi connectivity index (χ2v) is 3.43. The average molecular weight is 181 g/mol. The molecule has 0 amide bonds. The van der Waals surface area contributed by atoms with E-state index in [4.69, 9.17) is 4.42 Å². The van der Waals surface area contributed by atoms with Gasteiger partial charge in [-0.15, -0.1) is 0 Å². The molecule has 0 aromatic carbocycles. The summed E-state index contributed by atoms with van der Waals surface area (Å²) in [5.41, 5.74) is 1.06. The van der Waals surface area contributed by atoms with Gasteiger partial charge in [-0.2, -0.15) is 0 Å². The Bertz CT molecular complexity index is 253. The molecule has 0 aliphatic rings. The van der Waals surface area contributed by atoms with Crippen molar-refractivity contribution in [3.8, 4) is 0 Å². The van der Waals surface area contributed by atoms with Gasteiger partial charge in [-0.05, 0) is 13.3 Å². The topological polar surface area (TPSA) is 26.0 Å². The molecule has 0 radical (unpaired) electrons. The molecule has 1 aromatic heterocycles. The lowest BCUT2D eigenvalue weighted by Crippen LogP contribution is -1.84. The lowest BCUT2D eigenvalue weighted by atomic mass is 10.2. The number of aryl methyl sites for hydroxylation is 3. The number of rotatable bonds is 5. The van der Waals surface area contributed by atoms with Crippen LogP contribution < -0.4 is 0 Å². The van der Waals surface area contributed by atoms with Gasteiger partial charge in [0.25, 0.3) is 0 Å². The molecule has 1 heterocycles. The second-order valence-electron chi connectivity index (χ2n) is 3.43. The fourth-order valence-corrected chi connectivity index (χ4v) is 1.45. The summed E-state index contributed by atoms with van der Waals surface area (Å²) < 4.78 is 5.60. The predicted molar refractivity (Wildman–Crippen MR) is 53.8 cm³/mol. The van der Waals surface area contributed by atoms with Gasteiger partial charge in [0.1, 0.15) is 5.76 Å². The number of aromatic nitrogens is 1. The molecule has 0 fully saturated rings. The van der Waals surface area contributed by atoms with E-state index in [1.165, 1.54) is 19.3 Å². The highest BCUT2D eigenvalue weighted by Crippen LogP contribution is 2.12. The van der Waals surface area contributed by atoms with Gasteiger partial charge in [0, 0.05) is 12.8 Å². The van der Waals surface area contributed by atoms with Crippen molar-refractivity contribution in [2.75, 3.05) is 0 Å². The zero-order chi connectivity index (χ0) is 9.68. The highest BCUT2D eigenvalue weighted by molar-refractivity contribution is 5.07. The molecule has 0 saturated carbocycles. The van der Waals surface area contributed by atoms with Crippen LogP contribution in [0.3, 0.4) is 0 Å². The summed E-state index contributed by atoms with van der Waals surface area (Å²) in [6, 6.07) is 0. The van der Waals surface area contributed by atoms with Crippen molar-refractivity contribution in [3.05, 3.63) is 17.3 Å². The molecular weight excluding hydrogens is 162 g/mol. The summed E-state index contributed by atoms with van der Waals surface area (Å²) in [7, 11) is 0. The van der Waals surface area contributed by atoms with E-state index in [-0.39, 0.29) is 0 Å². The van der Waals surface area contributed by atoms with E-state index < -0.39 is 0 Å². The Hall–Kier alpha value is -0.790. The van der Waals surface area contributed by atoms with E-state index in [0.717, 1.165) is 30.2 Å². The number of hydrogen-bond donors (Lipinski definition) is 0. The first kappa shape index (κ1) is 10.3. The molecule has 2 nitrogen and oxygen atoms in total. The van der Waals surface area contributed by atoms with E-state index in [1.807, 2.05) is 6.92 Å². The standard InChI is InChI=1S/C11H19NO/c1-4-6-7-8-11-12-9(3)10(5-2)13-11/h4-8H2,1-3H3. The fourth-order valence-electron chi connectivity index (χ4n) is 1.45. The highest BCUT2D eigenvalue weighted by atomic mass is 16.4. The third-order valence-electron chi connectivity index (χ3n) is 2.25. The molecule has 0 N–H and O–H groups in total. The van der Waals surface area contributed by atoms with Gasteiger partial charge in [-0.25, -0.2) is 4.98 Å². The third-order valence-corrected chi connectivity index (χ3v) is 2.25. The smallest absolute Gasteiger partial charge is 0.194 e. The maximum Gasteiger partial charge on any atom is 0.194 e. The van der Waals surface area contributed by atoms with E-state index in [2.05, 4.69) is 18.8 Å². The molecule has 1 rings (SSSR count). The van der Waals surface area contributed by atoms with Crippen molar-refractivity contribution in [1.82, 2.24) is 4.98 Å².